The van der Waals surface area contributed by atoms with E-state index < -0.39 is 0 Å². The van der Waals surface area contributed by atoms with Crippen molar-refractivity contribution in [2.75, 3.05) is 7.11 Å². The SMILES string of the molecule is COc1ccccc1CNC1CCc2cc(Br)ccc2C1. The fourth-order valence-electron chi connectivity index (χ4n) is 3.00. The fourth-order valence-corrected chi connectivity index (χ4v) is 3.41. The van der Waals surface area contributed by atoms with Crippen LogP contribution in [0.1, 0.15) is 23.1 Å². The molecule has 0 saturated heterocycles. The van der Waals surface area contributed by atoms with Crippen LogP contribution >= 0.6 is 15.9 Å². The van der Waals surface area contributed by atoms with Crippen LogP contribution in [-0.2, 0) is 19.4 Å². The highest BCUT2D eigenvalue weighted by atomic mass is 79.9. The Labute approximate surface area is 134 Å². The maximum Gasteiger partial charge on any atom is 0.123 e. The smallest absolute Gasteiger partial charge is 0.123 e. The second kappa shape index (κ2) is 6.63. The fraction of sp³-hybridized carbons (Fsp3) is 0.333. The molecule has 0 spiro atoms. The highest BCUT2D eigenvalue weighted by Crippen LogP contribution is 2.25. The Balaban J connectivity index is 1.64. The number of hydrogen-bond acceptors (Lipinski definition) is 2. The van der Waals surface area contributed by atoms with Gasteiger partial charge in [-0.1, -0.05) is 40.2 Å². The van der Waals surface area contributed by atoms with E-state index in [1.54, 1.807) is 7.11 Å². The van der Waals surface area contributed by atoms with E-state index >= 15 is 0 Å². The van der Waals surface area contributed by atoms with Gasteiger partial charge in [0.2, 0.25) is 0 Å². The number of rotatable bonds is 4. The standard InChI is InChI=1S/C18H20BrNO/c1-21-18-5-3-2-4-15(18)12-20-17-9-7-13-10-16(19)8-6-14(13)11-17/h2-6,8,10,17,20H,7,9,11-12H2,1H3. The van der Waals surface area contributed by atoms with Crippen LogP contribution in [0.3, 0.4) is 0 Å². The number of nitrogens with one attached hydrogen (secondary N) is 1. The first kappa shape index (κ1) is 14.6. The molecule has 1 unspecified atom stereocenters. The van der Waals surface area contributed by atoms with Gasteiger partial charge >= 0.3 is 0 Å². The molecule has 0 aliphatic heterocycles. The van der Waals surface area contributed by atoms with Crippen molar-refractivity contribution in [3.8, 4) is 5.75 Å². The Morgan fingerprint density at radius 2 is 2.05 bits per heavy atom. The number of fused-ring (bicyclic) bond motifs is 1. The minimum Gasteiger partial charge on any atom is -0.496 e. The van der Waals surface area contributed by atoms with E-state index in [0.29, 0.717) is 6.04 Å². The van der Waals surface area contributed by atoms with Gasteiger partial charge in [0, 0.05) is 22.6 Å². The lowest BCUT2D eigenvalue weighted by molar-refractivity contribution is 0.401. The highest BCUT2D eigenvalue weighted by Gasteiger charge is 2.18. The van der Waals surface area contributed by atoms with Crippen molar-refractivity contribution in [2.24, 2.45) is 0 Å². The lowest BCUT2D eigenvalue weighted by Gasteiger charge is -2.26. The summed E-state index contributed by atoms with van der Waals surface area (Å²) in [5.41, 5.74) is 4.18. The molecule has 21 heavy (non-hydrogen) atoms. The van der Waals surface area contributed by atoms with Crippen LogP contribution in [0.4, 0.5) is 0 Å². The first-order valence-corrected chi connectivity index (χ1v) is 8.18. The van der Waals surface area contributed by atoms with Crippen molar-refractivity contribution in [1.29, 1.82) is 0 Å². The molecule has 3 rings (SSSR count). The topological polar surface area (TPSA) is 21.3 Å². The van der Waals surface area contributed by atoms with E-state index in [4.69, 9.17) is 4.74 Å². The van der Waals surface area contributed by atoms with Crippen molar-refractivity contribution in [3.05, 3.63) is 63.6 Å². The molecule has 0 heterocycles. The maximum absolute atomic E-state index is 5.41. The average molecular weight is 346 g/mol. The number of benzene rings is 2. The lowest BCUT2D eigenvalue weighted by atomic mass is 9.88. The summed E-state index contributed by atoms with van der Waals surface area (Å²) in [6.07, 6.45) is 3.45. The number of halogens is 1. The van der Waals surface area contributed by atoms with Gasteiger partial charge in [-0.05, 0) is 48.6 Å². The molecular formula is C18H20BrNO. The predicted molar refractivity (Wildman–Crippen MR) is 89.8 cm³/mol. The van der Waals surface area contributed by atoms with E-state index in [9.17, 15) is 0 Å². The van der Waals surface area contributed by atoms with Crippen LogP contribution < -0.4 is 10.1 Å². The van der Waals surface area contributed by atoms with Gasteiger partial charge in [-0.3, -0.25) is 0 Å². The second-order valence-corrected chi connectivity index (χ2v) is 6.46. The van der Waals surface area contributed by atoms with Crippen molar-refractivity contribution < 1.29 is 4.74 Å². The molecule has 0 fully saturated rings. The third-order valence-corrected chi connectivity index (χ3v) is 4.66. The molecular weight excluding hydrogens is 326 g/mol. The third-order valence-electron chi connectivity index (χ3n) is 4.17. The molecule has 0 saturated carbocycles. The van der Waals surface area contributed by atoms with E-state index in [0.717, 1.165) is 25.1 Å². The van der Waals surface area contributed by atoms with Gasteiger partial charge in [0.05, 0.1) is 7.11 Å². The summed E-state index contributed by atoms with van der Waals surface area (Å²) in [6, 6.07) is 15.4. The van der Waals surface area contributed by atoms with Crippen LogP contribution in [0.2, 0.25) is 0 Å². The van der Waals surface area contributed by atoms with Gasteiger partial charge in [0.1, 0.15) is 5.75 Å². The first-order chi connectivity index (χ1) is 10.3. The van der Waals surface area contributed by atoms with E-state index in [1.807, 2.05) is 12.1 Å². The molecule has 1 atom stereocenters. The van der Waals surface area contributed by atoms with Gasteiger partial charge in [0.15, 0.2) is 0 Å². The van der Waals surface area contributed by atoms with Crippen molar-refractivity contribution in [3.63, 3.8) is 0 Å². The molecule has 1 aliphatic rings. The third kappa shape index (κ3) is 3.47. The number of methoxy groups -OCH3 is 1. The summed E-state index contributed by atoms with van der Waals surface area (Å²) in [5, 5.41) is 3.68. The summed E-state index contributed by atoms with van der Waals surface area (Å²) < 4.78 is 6.59. The van der Waals surface area contributed by atoms with Crippen molar-refractivity contribution in [2.45, 2.75) is 31.8 Å². The first-order valence-electron chi connectivity index (χ1n) is 7.39. The highest BCUT2D eigenvalue weighted by molar-refractivity contribution is 9.10. The largest absolute Gasteiger partial charge is 0.496 e. The van der Waals surface area contributed by atoms with Gasteiger partial charge in [-0.15, -0.1) is 0 Å². The normalized spacial score (nSPS) is 17.3. The number of ether oxygens (including phenoxy) is 1. The monoisotopic (exact) mass is 345 g/mol. The van der Waals surface area contributed by atoms with Gasteiger partial charge in [-0.2, -0.15) is 0 Å². The maximum atomic E-state index is 5.41. The van der Waals surface area contributed by atoms with Crippen molar-refractivity contribution >= 4 is 15.9 Å². The lowest BCUT2D eigenvalue weighted by Crippen LogP contribution is -2.34. The van der Waals surface area contributed by atoms with Gasteiger partial charge < -0.3 is 10.1 Å². The van der Waals surface area contributed by atoms with Crippen LogP contribution in [0, 0.1) is 0 Å². The summed E-state index contributed by atoms with van der Waals surface area (Å²) >= 11 is 3.55. The molecule has 0 amide bonds. The molecule has 3 heteroatoms. The van der Waals surface area contributed by atoms with Crippen LogP contribution in [0.25, 0.3) is 0 Å². The Hall–Kier alpha value is -1.32. The zero-order valence-electron chi connectivity index (χ0n) is 12.2. The molecule has 110 valence electrons. The molecule has 0 bridgehead atoms. The summed E-state index contributed by atoms with van der Waals surface area (Å²) in [5.74, 6) is 0.963. The summed E-state index contributed by atoms with van der Waals surface area (Å²) in [4.78, 5) is 0. The zero-order chi connectivity index (χ0) is 14.7. The molecule has 1 N–H and O–H groups in total. The molecule has 0 radical (unpaired) electrons. The molecule has 2 nitrogen and oxygen atoms in total. The van der Waals surface area contributed by atoms with E-state index in [2.05, 4.69) is 51.6 Å². The Bertz CT molecular complexity index is 626. The van der Waals surface area contributed by atoms with Crippen molar-refractivity contribution in [1.82, 2.24) is 5.32 Å². The quantitative estimate of drug-likeness (QED) is 0.900. The number of aryl methyl sites for hydroxylation is 1. The minimum atomic E-state index is 0.545. The van der Waals surface area contributed by atoms with E-state index in [-0.39, 0.29) is 0 Å². The Kier molecular flexibility index (Phi) is 4.61. The minimum absolute atomic E-state index is 0.545. The van der Waals surface area contributed by atoms with E-state index in [1.165, 1.54) is 27.6 Å². The average Bonchev–Trinajstić information content (AvgIpc) is 2.53. The predicted octanol–water partition coefficient (Wildman–Crippen LogP) is 4.10. The number of hydrogen-bond donors (Lipinski definition) is 1. The van der Waals surface area contributed by atoms with Crippen LogP contribution in [-0.4, -0.2) is 13.2 Å². The number of para-hydroxylation sites is 1. The molecule has 1 aliphatic carbocycles. The molecule has 2 aromatic carbocycles. The Morgan fingerprint density at radius 3 is 2.90 bits per heavy atom. The van der Waals surface area contributed by atoms with Gasteiger partial charge in [-0.25, -0.2) is 0 Å². The molecule has 0 aromatic heterocycles. The zero-order valence-corrected chi connectivity index (χ0v) is 13.8. The second-order valence-electron chi connectivity index (χ2n) is 5.55. The van der Waals surface area contributed by atoms with Crippen LogP contribution in [0.5, 0.6) is 5.75 Å². The molecule has 2 aromatic rings. The van der Waals surface area contributed by atoms with Gasteiger partial charge in [0.25, 0.3) is 0 Å². The summed E-state index contributed by atoms with van der Waals surface area (Å²) in [7, 11) is 1.73. The van der Waals surface area contributed by atoms with Crippen LogP contribution in [0.15, 0.2) is 46.9 Å². The summed E-state index contributed by atoms with van der Waals surface area (Å²) in [6.45, 7) is 0.862. The Morgan fingerprint density at radius 1 is 1.19 bits per heavy atom.